The predicted molar refractivity (Wildman–Crippen MR) is 124 cm³/mol. The van der Waals surface area contributed by atoms with Crippen LogP contribution in [0, 0.1) is 0 Å². The second kappa shape index (κ2) is 9.09. The minimum absolute atomic E-state index is 0.0647. The van der Waals surface area contributed by atoms with Crippen LogP contribution in [-0.4, -0.2) is 28.7 Å². The largest absolute Gasteiger partial charge is 0.481 e. The summed E-state index contributed by atoms with van der Waals surface area (Å²) in [7, 11) is 1.61. The quantitative estimate of drug-likeness (QED) is 0.604. The highest BCUT2D eigenvalue weighted by Gasteiger charge is 2.19. The maximum atomic E-state index is 5.49. The zero-order valence-corrected chi connectivity index (χ0v) is 17.9. The van der Waals surface area contributed by atoms with Crippen molar-refractivity contribution in [2.75, 3.05) is 23.9 Å². The Morgan fingerprint density at radius 3 is 2.57 bits per heavy atom. The summed E-state index contributed by atoms with van der Waals surface area (Å²) in [5.74, 6) is 1.74. The fraction of sp³-hybridized carbons (Fsp3) is 0.261. The van der Waals surface area contributed by atoms with Gasteiger partial charge >= 0.3 is 0 Å². The highest BCUT2D eigenvalue weighted by Crippen LogP contribution is 2.26. The Kier molecular flexibility index (Phi) is 6.09. The van der Waals surface area contributed by atoms with Gasteiger partial charge in [0.05, 0.1) is 13.2 Å². The molecular formula is C23H25N5OS. The lowest BCUT2D eigenvalue weighted by Gasteiger charge is -2.30. The van der Waals surface area contributed by atoms with Crippen molar-refractivity contribution in [1.82, 2.24) is 15.3 Å². The van der Waals surface area contributed by atoms with E-state index >= 15 is 0 Å². The number of hydrogen-bond donors (Lipinski definition) is 2. The molecule has 1 aromatic heterocycles. The van der Waals surface area contributed by atoms with Crippen molar-refractivity contribution >= 4 is 29.1 Å². The van der Waals surface area contributed by atoms with Crippen molar-refractivity contribution in [3.63, 3.8) is 0 Å². The molecule has 7 heteroatoms. The summed E-state index contributed by atoms with van der Waals surface area (Å²) in [5, 5.41) is 6.85. The van der Waals surface area contributed by atoms with Gasteiger partial charge in [-0.15, -0.1) is 0 Å². The van der Waals surface area contributed by atoms with Crippen LogP contribution in [0.15, 0.2) is 60.7 Å². The molecule has 2 aromatic carbocycles. The van der Waals surface area contributed by atoms with E-state index in [0.29, 0.717) is 16.9 Å². The van der Waals surface area contributed by atoms with E-state index in [1.165, 1.54) is 11.1 Å². The van der Waals surface area contributed by atoms with Crippen LogP contribution in [0.4, 0.5) is 11.8 Å². The van der Waals surface area contributed by atoms with Crippen molar-refractivity contribution in [1.29, 1.82) is 0 Å². The van der Waals surface area contributed by atoms with Crippen molar-refractivity contribution in [3.8, 4) is 5.88 Å². The number of benzene rings is 2. The second-order valence-corrected chi connectivity index (χ2v) is 7.67. The van der Waals surface area contributed by atoms with E-state index in [4.69, 9.17) is 21.9 Å². The third kappa shape index (κ3) is 4.68. The van der Waals surface area contributed by atoms with Gasteiger partial charge in [-0.2, -0.15) is 9.97 Å². The number of ether oxygens (including phenoxy) is 1. The molecule has 2 N–H and O–H groups in total. The van der Waals surface area contributed by atoms with Crippen LogP contribution in [0.5, 0.6) is 5.88 Å². The van der Waals surface area contributed by atoms with Gasteiger partial charge in [0.25, 0.3) is 0 Å². The Balaban J connectivity index is 1.48. The zero-order valence-electron chi connectivity index (χ0n) is 17.1. The summed E-state index contributed by atoms with van der Waals surface area (Å²) in [6, 6.07) is 20.6. The lowest BCUT2D eigenvalue weighted by Crippen LogP contribution is -2.33. The summed E-state index contributed by atoms with van der Waals surface area (Å²) in [4.78, 5) is 11.3. The van der Waals surface area contributed by atoms with Crippen LogP contribution in [0.3, 0.4) is 0 Å². The molecule has 1 aliphatic rings. The number of methoxy groups -OCH3 is 1. The van der Waals surface area contributed by atoms with Crippen LogP contribution in [-0.2, 0) is 13.0 Å². The third-order valence-corrected chi connectivity index (χ3v) is 5.45. The molecule has 0 amide bonds. The molecule has 0 bridgehead atoms. The average Bonchev–Trinajstić information content (AvgIpc) is 2.79. The molecule has 1 unspecified atom stereocenters. The number of nitrogens with one attached hydrogen (secondary N) is 2. The number of rotatable bonds is 5. The number of nitrogens with zero attached hydrogens (tertiary/aromatic N) is 3. The van der Waals surface area contributed by atoms with Gasteiger partial charge in [-0.3, -0.25) is 0 Å². The minimum Gasteiger partial charge on any atom is -0.481 e. The summed E-state index contributed by atoms with van der Waals surface area (Å²) >= 11 is 5.49. The summed E-state index contributed by atoms with van der Waals surface area (Å²) in [6.07, 6.45) is 0.986. The zero-order chi connectivity index (χ0) is 20.9. The Labute approximate surface area is 182 Å². The number of thiocarbonyl (C=S) groups is 1. The van der Waals surface area contributed by atoms with Crippen molar-refractivity contribution in [3.05, 3.63) is 77.4 Å². The first-order valence-corrected chi connectivity index (χ1v) is 10.4. The number of fused-ring (bicyclic) bond motifs is 1. The van der Waals surface area contributed by atoms with E-state index in [0.717, 1.165) is 30.9 Å². The minimum atomic E-state index is 0.0647. The smallest absolute Gasteiger partial charge is 0.234 e. The Hall–Kier alpha value is -3.19. The summed E-state index contributed by atoms with van der Waals surface area (Å²) < 4.78 is 5.41. The number of hydrogen-bond acceptors (Lipinski definition) is 5. The standard InChI is InChI=1S/C23H25N5OS/c1-16(17-8-4-3-5-9-17)24-23(30)27-22-25-20(14-21(26-22)29-2)28-13-12-18-10-6-7-11-19(18)15-28/h3-11,14,16H,12-13,15H2,1-2H3,(H2,24,25,26,27,30). The fourth-order valence-electron chi connectivity index (χ4n) is 3.59. The third-order valence-electron chi connectivity index (χ3n) is 5.23. The van der Waals surface area contributed by atoms with E-state index in [1.54, 1.807) is 7.11 Å². The topological polar surface area (TPSA) is 62.3 Å². The first-order valence-electron chi connectivity index (χ1n) is 9.99. The highest BCUT2D eigenvalue weighted by molar-refractivity contribution is 7.80. The lowest BCUT2D eigenvalue weighted by atomic mass is 10.00. The molecular weight excluding hydrogens is 394 g/mol. The molecule has 1 aliphatic heterocycles. The van der Waals surface area contributed by atoms with E-state index in [9.17, 15) is 0 Å². The van der Waals surface area contributed by atoms with E-state index in [2.05, 4.69) is 63.8 Å². The molecule has 0 fully saturated rings. The van der Waals surface area contributed by atoms with Crippen molar-refractivity contribution in [2.45, 2.75) is 25.9 Å². The van der Waals surface area contributed by atoms with Gasteiger partial charge in [0, 0.05) is 19.2 Å². The Morgan fingerprint density at radius 1 is 1.07 bits per heavy atom. The van der Waals surface area contributed by atoms with Gasteiger partial charge in [0.15, 0.2) is 5.11 Å². The molecule has 0 saturated carbocycles. The first kappa shape index (κ1) is 20.1. The van der Waals surface area contributed by atoms with E-state index < -0.39 is 0 Å². The van der Waals surface area contributed by atoms with Gasteiger partial charge in [-0.05, 0) is 42.3 Å². The van der Waals surface area contributed by atoms with Crippen LogP contribution in [0.2, 0.25) is 0 Å². The summed E-state index contributed by atoms with van der Waals surface area (Å²) in [6.45, 7) is 3.76. The van der Waals surface area contributed by atoms with Crippen LogP contribution >= 0.6 is 12.2 Å². The average molecular weight is 420 g/mol. The number of aromatic nitrogens is 2. The van der Waals surface area contributed by atoms with Crippen molar-refractivity contribution < 1.29 is 4.74 Å². The van der Waals surface area contributed by atoms with Crippen molar-refractivity contribution in [2.24, 2.45) is 0 Å². The molecule has 3 aromatic rings. The van der Waals surface area contributed by atoms with Gasteiger partial charge < -0.3 is 20.3 Å². The van der Waals surface area contributed by atoms with Gasteiger partial charge in [-0.25, -0.2) is 0 Å². The van der Waals surface area contributed by atoms with E-state index in [-0.39, 0.29) is 6.04 Å². The molecule has 4 rings (SSSR count). The molecule has 0 saturated heterocycles. The lowest BCUT2D eigenvalue weighted by molar-refractivity contribution is 0.397. The van der Waals surface area contributed by atoms with Crippen LogP contribution in [0.1, 0.15) is 29.7 Å². The molecule has 1 atom stereocenters. The molecule has 0 radical (unpaired) electrons. The molecule has 0 spiro atoms. The Morgan fingerprint density at radius 2 is 1.80 bits per heavy atom. The predicted octanol–water partition coefficient (Wildman–Crippen LogP) is 4.10. The van der Waals surface area contributed by atoms with Crippen LogP contribution < -0.4 is 20.3 Å². The second-order valence-electron chi connectivity index (χ2n) is 7.26. The molecule has 0 aliphatic carbocycles. The monoisotopic (exact) mass is 419 g/mol. The first-order chi connectivity index (χ1) is 14.6. The Bertz CT molecular complexity index is 1030. The molecule has 30 heavy (non-hydrogen) atoms. The highest BCUT2D eigenvalue weighted by atomic mass is 32.1. The normalized spacial score (nSPS) is 13.9. The van der Waals surface area contributed by atoms with Crippen LogP contribution in [0.25, 0.3) is 0 Å². The molecule has 154 valence electrons. The maximum Gasteiger partial charge on any atom is 0.234 e. The molecule has 2 heterocycles. The number of anilines is 2. The SMILES string of the molecule is COc1cc(N2CCc3ccccc3C2)nc(NC(=S)NC(C)c2ccccc2)n1. The van der Waals surface area contributed by atoms with E-state index in [1.807, 2.05) is 24.3 Å². The summed E-state index contributed by atoms with van der Waals surface area (Å²) in [5.41, 5.74) is 3.87. The fourth-order valence-corrected chi connectivity index (χ4v) is 3.85. The van der Waals surface area contributed by atoms with Gasteiger partial charge in [0.1, 0.15) is 5.82 Å². The maximum absolute atomic E-state index is 5.49. The van der Waals surface area contributed by atoms with Gasteiger partial charge in [-0.1, -0.05) is 54.6 Å². The molecule has 6 nitrogen and oxygen atoms in total. The van der Waals surface area contributed by atoms with Gasteiger partial charge in [0.2, 0.25) is 11.8 Å².